The van der Waals surface area contributed by atoms with Gasteiger partial charge in [-0.05, 0) is 47.2 Å². The summed E-state index contributed by atoms with van der Waals surface area (Å²) in [5, 5.41) is 12.8. The van der Waals surface area contributed by atoms with Gasteiger partial charge in [0.2, 0.25) is 0 Å². The predicted molar refractivity (Wildman–Crippen MR) is 83.8 cm³/mol. The van der Waals surface area contributed by atoms with Crippen molar-refractivity contribution in [1.29, 1.82) is 0 Å². The highest BCUT2D eigenvalue weighted by atomic mass is 35.5. The lowest BCUT2D eigenvalue weighted by Gasteiger charge is -2.09. The quantitative estimate of drug-likeness (QED) is 0.733. The molecule has 1 aromatic heterocycles. The van der Waals surface area contributed by atoms with Gasteiger partial charge >= 0.3 is 0 Å². The van der Waals surface area contributed by atoms with Crippen LogP contribution < -0.4 is 5.73 Å². The van der Waals surface area contributed by atoms with Crippen molar-refractivity contribution in [3.63, 3.8) is 0 Å². The molecule has 0 saturated heterocycles. The van der Waals surface area contributed by atoms with Gasteiger partial charge in [-0.15, -0.1) is 5.10 Å². The van der Waals surface area contributed by atoms with E-state index >= 15 is 0 Å². The number of aromatic nitrogens is 4. The normalized spacial score (nSPS) is 10.8. The average Bonchev–Trinajstić information content (AvgIpc) is 2.91. The van der Waals surface area contributed by atoms with Crippen LogP contribution in [0, 0.1) is 6.92 Å². The molecule has 106 valence electrons. The second-order valence-corrected chi connectivity index (χ2v) is 5.38. The van der Waals surface area contributed by atoms with E-state index in [-0.39, 0.29) is 0 Å². The van der Waals surface area contributed by atoms with E-state index in [4.69, 9.17) is 28.9 Å². The molecular formula is C14H11Cl2N5. The fourth-order valence-electron chi connectivity index (χ4n) is 2.03. The van der Waals surface area contributed by atoms with Gasteiger partial charge in [0.25, 0.3) is 0 Å². The van der Waals surface area contributed by atoms with Crippen molar-refractivity contribution in [2.24, 2.45) is 0 Å². The number of hydrogen-bond donors (Lipinski definition) is 1. The van der Waals surface area contributed by atoms with Crippen LogP contribution in [0.4, 0.5) is 5.69 Å². The first-order valence-electron chi connectivity index (χ1n) is 6.17. The Kier molecular flexibility index (Phi) is 3.53. The predicted octanol–water partition coefficient (Wildman–Crippen LogP) is 3.53. The van der Waals surface area contributed by atoms with Gasteiger partial charge in [0.1, 0.15) is 0 Å². The fourth-order valence-corrected chi connectivity index (χ4v) is 2.52. The molecule has 0 bridgehead atoms. The summed E-state index contributed by atoms with van der Waals surface area (Å²) in [6, 6.07) is 11.0. The van der Waals surface area contributed by atoms with Gasteiger partial charge < -0.3 is 5.73 Å². The molecule has 0 amide bonds. The van der Waals surface area contributed by atoms with E-state index in [1.54, 1.807) is 16.8 Å². The lowest BCUT2D eigenvalue weighted by atomic mass is 10.1. The molecule has 1 heterocycles. The Balaban J connectivity index is 2.20. The van der Waals surface area contributed by atoms with Crippen LogP contribution in [0.2, 0.25) is 10.0 Å². The minimum atomic E-state index is 0.429. The van der Waals surface area contributed by atoms with E-state index < -0.39 is 0 Å². The number of rotatable bonds is 2. The highest BCUT2D eigenvalue weighted by molar-refractivity contribution is 6.33. The second-order valence-electron chi connectivity index (χ2n) is 4.57. The van der Waals surface area contributed by atoms with Gasteiger partial charge in [0, 0.05) is 5.56 Å². The van der Waals surface area contributed by atoms with Crippen LogP contribution in [0.1, 0.15) is 5.56 Å². The van der Waals surface area contributed by atoms with Crippen molar-refractivity contribution in [1.82, 2.24) is 20.2 Å². The molecular weight excluding hydrogens is 309 g/mol. The van der Waals surface area contributed by atoms with Crippen molar-refractivity contribution in [3.05, 3.63) is 52.0 Å². The summed E-state index contributed by atoms with van der Waals surface area (Å²) >= 11 is 12.3. The van der Waals surface area contributed by atoms with E-state index in [0.29, 0.717) is 32.8 Å². The Morgan fingerprint density at radius 2 is 1.90 bits per heavy atom. The molecule has 3 rings (SSSR count). The zero-order valence-corrected chi connectivity index (χ0v) is 12.6. The van der Waals surface area contributed by atoms with Crippen molar-refractivity contribution in [2.75, 3.05) is 5.73 Å². The van der Waals surface area contributed by atoms with E-state index in [1.165, 1.54) is 0 Å². The number of hydrogen-bond acceptors (Lipinski definition) is 4. The summed E-state index contributed by atoms with van der Waals surface area (Å²) in [6.45, 7) is 1.96. The molecule has 0 atom stereocenters. The van der Waals surface area contributed by atoms with Crippen LogP contribution in [0.5, 0.6) is 0 Å². The lowest BCUT2D eigenvalue weighted by molar-refractivity contribution is 0.791. The summed E-state index contributed by atoms with van der Waals surface area (Å²) < 4.78 is 1.55. The maximum Gasteiger partial charge on any atom is 0.189 e. The van der Waals surface area contributed by atoms with Gasteiger partial charge in [-0.2, -0.15) is 4.68 Å². The maximum absolute atomic E-state index is 6.28. The molecule has 0 aliphatic rings. The van der Waals surface area contributed by atoms with Crippen LogP contribution in [0.15, 0.2) is 36.4 Å². The van der Waals surface area contributed by atoms with Gasteiger partial charge in [-0.1, -0.05) is 35.3 Å². The first-order valence-corrected chi connectivity index (χ1v) is 6.93. The summed E-state index contributed by atoms with van der Waals surface area (Å²) in [6.07, 6.45) is 0. The summed E-state index contributed by atoms with van der Waals surface area (Å²) in [5.41, 5.74) is 8.83. The molecule has 0 aliphatic heterocycles. The van der Waals surface area contributed by atoms with Crippen LogP contribution in [0.3, 0.4) is 0 Å². The monoisotopic (exact) mass is 319 g/mol. The molecule has 3 aromatic rings. The number of halogens is 2. The topological polar surface area (TPSA) is 69.6 Å². The average molecular weight is 320 g/mol. The number of tetrazole rings is 1. The number of nitrogens with two attached hydrogens (primary N) is 1. The molecule has 7 heteroatoms. The molecule has 0 aliphatic carbocycles. The van der Waals surface area contributed by atoms with E-state index in [9.17, 15) is 0 Å². The summed E-state index contributed by atoms with van der Waals surface area (Å²) in [4.78, 5) is 0. The molecule has 5 nitrogen and oxygen atoms in total. The standard InChI is InChI=1S/C14H11Cl2N5/c1-8-5-6-12(11(16)7-8)21-14(18-19-20-21)9-3-2-4-10(15)13(9)17/h2-7H,17H2,1H3. The fraction of sp³-hybridized carbons (Fsp3) is 0.0714. The second kappa shape index (κ2) is 5.35. The van der Waals surface area contributed by atoms with Gasteiger partial charge in [0.05, 0.1) is 21.4 Å². The van der Waals surface area contributed by atoms with Gasteiger partial charge in [-0.25, -0.2) is 0 Å². The van der Waals surface area contributed by atoms with Crippen LogP contribution in [-0.4, -0.2) is 20.2 Å². The first-order chi connectivity index (χ1) is 10.1. The zero-order chi connectivity index (χ0) is 15.0. The highest BCUT2D eigenvalue weighted by Gasteiger charge is 2.16. The van der Waals surface area contributed by atoms with Crippen molar-refractivity contribution in [2.45, 2.75) is 6.92 Å². The molecule has 0 saturated carbocycles. The Hall–Kier alpha value is -2.11. The molecule has 0 unspecified atom stereocenters. The smallest absolute Gasteiger partial charge is 0.189 e. The molecule has 0 spiro atoms. The number of nitrogen functional groups attached to an aromatic ring is 1. The van der Waals surface area contributed by atoms with E-state index in [0.717, 1.165) is 5.56 Å². The largest absolute Gasteiger partial charge is 0.397 e. The van der Waals surface area contributed by atoms with Crippen molar-refractivity contribution >= 4 is 28.9 Å². The summed E-state index contributed by atoms with van der Waals surface area (Å²) in [7, 11) is 0. The molecule has 2 N–H and O–H groups in total. The van der Waals surface area contributed by atoms with Crippen molar-refractivity contribution in [3.8, 4) is 17.1 Å². The third kappa shape index (κ3) is 2.46. The van der Waals surface area contributed by atoms with Gasteiger partial charge in [0.15, 0.2) is 5.82 Å². The molecule has 0 radical (unpaired) electrons. The first kappa shape index (κ1) is 13.9. The number of anilines is 1. The number of para-hydroxylation sites is 1. The van der Waals surface area contributed by atoms with Crippen LogP contribution in [-0.2, 0) is 0 Å². The van der Waals surface area contributed by atoms with Crippen LogP contribution in [0.25, 0.3) is 17.1 Å². The Morgan fingerprint density at radius 3 is 2.67 bits per heavy atom. The minimum absolute atomic E-state index is 0.429. The third-order valence-corrected chi connectivity index (χ3v) is 3.73. The molecule has 2 aromatic carbocycles. The molecule has 0 fully saturated rings. The zero-order valence-electron chi connectivity index (χ0n) is 11.1. The van der Waals surface area contributed by atoms with E-state index in [1.807, 2.05) is 31.2 Å². The summed E-state index contributed by atoms with van der Waals surface area (Å²) in [5.74, 6) is 0.487. The van der Waals surface area contributed by atoms with Gasteiger partial charge in [-0.3, -0.25) is 0 Å². The number of nitrogens with zero attached hydrogens (tertiary/aromatic N) is 4. The van der Waals surface area contributed by atoms with Crippen molar-refractivity contribution < 1.29 is 0 Å². The lowest BCUT2D eigenvalue weighted by Crippen LogP contribution is -2.03. The Labute approximate surface area is 131 Å². The number of benzene rings is 2. The Morgan fingerprint density at radius 1 is 1.10 bits per heavy atom. The van der Waals surface area contributed by atoms with E-state index in [2.05, 4.69) is 15.5 Å². The number of aryl methyl sites for hydroxylation is 1. The maximum atomic E-state index is 6.28. The minimum Gasteiger partial charge on any atom is -0.397 e. The third-order valence-electron chi connectivity index (χ3n) is 3.09. The SMILES string of the molecule is Cc1ccc(-n2nnnc2-c2cccc(Cl)c2N)c(Cl)c1. The van der Waals surface area contributed by atoms with Crippen LogP contribution >= 0.6 is 23.2 Å². The highest BCUT2D eigenvalue weighted by Crippen LogP contribution is 2.32. The Bertz CT molecular complexity index is 813. The molecule has 21 heavy (non-hydrogen) atoms.